The monoisotopic (exact) mass is 404 g/mol. The van der Waals surface area contributed by atoms with E-state index >= 15 is 0 Å². The van der Waals surface area contributed by atoms with E-state index in [1.165, 1.54) is 24.8 Å². The van der Waals surface area contributed by atoms with E-state index in [9.17, 15) is 4.79 Å². The molecule has 3 nitrogen and oxygen atoms in total. The van der Waals surface area contributed by atoms with Crippen LogP contribution in [0.15, 0.2) is 58.7 Å². The average Bonchev–Trinajstić information content (AvgIpc) is 3.31. The molecule has 1 aliphatic heterocycles. The van der Waals surface area contributed by atoms with Crippen LogP contribution >= 0.6 is 0 Å². The number of fused-ring (bicyclic) bond motifs is 2. The summed E-state index contributed by atoms with van der Waals surface area (Å²) in [7, 11) is 0. The number of carbonyl (C=O) groups excluding carboxylic acids is 1. The molecule has 2 fully saturated rings. The Balaban J connectivity index is 1.40. The predicted molar refractivity (Wildman–Crippen MR) is 118 cm³/mol. The molecule has 1 saturated heterocycles. The van der Waals surface area contributed by atoms with Crippen LogP contribution in [0.3, 0.4) is 0 Å². The van der Waals surface area contributed by atoms with E-state index < -0.39 is 0 Å². The maximum Gasteiger partial charge on any atom is 0.338 e. The van der Waals surface area contributed by atoms with Gasteiger partial charge in [0.05, 0.1) is 11.7 Å². The molecule has 0 N–H and O–H groups in total. The van der Waals surface area contributed by atoms with Crippen molar-refractivity contribution in [3.63, 3.8) is 0 Å². The summed E-state index contributed by atoms with van der Waals surface area (Å²) in [5, 5.41) is 0. The molecular formula is C27H32O3. The van der Waals surface area contributed by atoms with Crippen LogP contribution in [0.25, 0.3) is 0 Å². The average molecular weight is 405 g/mol. The number of esters is 1. The van der Waals surface area contributed by atoms with Gasteiger partial charge in [0.25, 0.3) is 0 Å². The van der Waals surface area contributed by atoms with Crippen LogP contribution < -0.4 is 0 Å². The number of hydrogen-bond acceptors (Lipinski definition) is 3. The normalized spacial score (nSPS) is 32.0. The van der Waals surface area contributed by atoms with Gasteiger partial charge < -0.3 is 9.47 Å². The van der Waals surface area contributed by atoms with Gasteiger partial charge in [-0.2, -0.15) is 0 Å². The second-order valence-corrected chi connectivity index (χ2v) is 10.1. The predicted octanol–water partition coefficient (Wildman–Crippen LogP) is 6.09. The third-order valence-corrected chi connectivity index (χ3v) is 7.84. The molecule has 3 atom stereocenters. The highest BCUT2D eigenvalue weighted by Crippen LogP contribution is 2.65. The van der Waals surface area contributed by atoms with Gasteiger partial charge in [0.15, 0.2) is 0 Å². The first-order valence-corrected chi connectivity index (χ1v) is 11.4. The number of aryl methyl sites for hydroxylation is 1. The van der Waals surface area contributed by atoms with Crippen molar-refractivity contribution < 1.29 is 14.3 Å². The molecule has 3 aliphatic carbocycles. The molecule has 0 aromatic heterocycles. The van der Waals surface area contributed by atoms with Gasteiger partial charge in [-0.3, -0.25) is 0 Å². The zero-order chi connectivity index (χ0) is 21.1. The molecule has 158 valence electrons. The molecular weight excluding hydrogens is 372 g/mol. The number of ether oxygens (including phenoxy) is 2. The molecule has 5 rings (SSSR count). The van der Waals surface area contributed by atoms with Crippen LogP contribution in [-0.2, 0) is 9.47 Å². The molecule has 1 saturated carbocycles. The van der Waals surface area contributed by atoms with E-state index in [1.54, 1.807) is 11.1 Å². The Morgan fingerprint density at radius 3 is 2.77 bits per heavy atom. The minimum Gasteiger partial charge on any atom is -0.458 e. The van der Waals surface area contributed by atoms with Crippen molar-refractivity contribution in [1.29, 1.82) is 0 Å². The number of rotatable bonds is 4. The fourth-order valence-corrected chi connectivity index (χ4v) is 5.94. The molecule has 0 amide bonds. The van der Waals surface area contributed by atoms with E-state index in [2.05, 4.69) is 32.9 Å². The summed E-state index contributed by atoms with van der Waals surface area (Å²) in [5.41, 5.74) is 7.56. The van der Waals surface area contributed by atoms with Crippen LogP contribution in [0.4, 0.5) is 0 Å². The van der Waals surface area contributed by atoms with Gasteiger partial charge in [0, 0.05) is 6.42 Å². The summed E-state index contributed by atoms with van der Waals surface area (Å²) in [5.74, 6) is 0.333. The molecule has 3 heteroatoms. The standard InChI is InChI=1S/C27H32O3/c1-17(2)20-11-12-26(4)13-14-27-22(24(20)26)10-9-19(15-23(27)30-27)16-29-25(28)21-8-6-5-7-18(21)3/h5-10,17,23H,11-16H2,1-4H3/t23-,26+,27-/m0/s1. The maximum atomic E-state index is 12.5. The fraction of sp³-hybridized carbons (Fsp3) is 0.519. The lowest BCUT2D eigenvalue weighted by Crippen LogP contribution is -2.34. The Bertz CT molecular complexity index is 995. The second kappa shape index (κ2) is 6.95. The SMILES string of the molecule is Cc1ccccc1C(=O)OCC1=CC=C2C3=C(C(C)C)CC[C@]3(C)CC[C@]23O[C@H]3C1. The second-order valence-electron chi connectivity index (χ2n) is 10.1. The van der Waals surface area contributed by atoms with Gasteiger partial charge >= 0.3 is 5.97 Å². The van der Waals surface area contributed by atoms with Gasteiger partial charge in [-0.25, -0.2) is 4.79 Å². The zero-order valence-corrected chi connectivity index (χ0v) is 18.6. The van der Waals surface area contributed by atoms with E-state index in [4.69, 9.17) is 9.47 Å². The first kappa shape index (κ1) is 19.8. The van der Waals surface area contributed by atoms with Gasteiger partial charge in [-0.1, -0.05) is 56.7 Å². The Morgan fingerprint density at radius 1 is 1.20 bits per heavy atom. The molecule has 0 bridgehead atoms. The maximum absolute atomic E-state index is 12.5. The highest BCUT2D eigenvalue weighted by Gasteiger charge is 2.64. The van der Waals surface area contributed by atoms with Crippen LogP contribution in [0, 0.1) is 18.3 Å². The van der Waals surface area contributed by atoms with Gasteiger partial charge in [-0.15, -0.1) is 0 Å². The molecule has 0 unspecified atom stereocenters. The topological polar surface area (TPSA) is 38.8 Å². The van der Waals surface area contributed by atoms with Crippen LogP contribution in [0.1, 0.15) is 68.8 Å². The van der Waals surface area contributed by atoms with Crippen LogP contribution in [-0.4, -0.2) is 24.3 Å². The van der Waals surface area contributed by atoms with Crippen molar-refractivity contribution in [1.82, 2.24) is 0 Å². The lowest BCUT2D eigenvalue weighted by molar-refractivity contribution is 0.0535. The molecule has 30 heavy (non-hydrogen) atoms. The summed E-state index contributed by atoms with van der Waals surface area (Å²) in [4.78, 5) is 12.5. The Hall–Kier alpha value is -2.13. The lowest BCUT2D eigenvalue weighted by Gasteiger charge is -2.39. The Morgan fingerprint density at radius 2 is 2.00 bits per heavy atom. The molecule has 1 aromatic rings. The van der Waals surface area contributed by atoms with E-state index in [0.29, 0.717) is 23.5 Å². The molecule has 1 spiro atoms. The quantitative estimate of drug-likeness (QED) is 0.450. The van der Waals surface area contributed by atoms with Crippen LogP contribution in [0.2, 0.25) is 0 Å². The van der Waals surface area contributed by atoms with Crippen molar-refractivity contribution >= 4 is 5.97 Å². The van der Waals surface area contributed by atoms with Crippen LogP contribution in [0.5, 0.6) is 0 Å². The zero-order valence-electron chi connectivity index (χ0n) is 18.6. The molecule has 1 heterocycles. The van der Waals surface area contributed by atoms with Crippen molar-refractivity contribution in [3.05, 3.63) is 69.8 Å². The highest BCUT2D eigenvalue weighted by atomic mass is 16.6. The summed E-state index contributed by atoms with van der Waals surface area (Å²) in [6.07, 6.45) is 10.4. The first-order chi connectivity index (χ1) is 14.3. The van der Waals surface area contributed by atoms with Crippen molar-refractivity contribution in [2.24, 2.45) is 11.3 Å². The Labute approximate surface area is 179 Å². The van der Waals surface area contributed by atoms with Crippen molar-refractivity contribution in [2.75, 3.05) is 6.61 Å². The third-order valence-electron chi connectivity index (χ3n) is 7.84. The third kappa shape index (κ3) is 3.01. The lowest BCUT2D eigenvalue weighted by atomic mass is 9.64. The van der Waals surface area contributed by atoms with Gasteiger partial charge in [0.1, 0.15) is 12.2 Å². The largest absolute Gasteiger partial charge is 0.458 e. The van der Waals surface area contributed by atoms with Gasteiger partial charge in [-0.05, 0) is 72.3 Å². The summed E-state index contributed by atoms with van der Waals surface area (Å²) in [6.45, 7) is 9.37. The van der Waals surface area contributed by atoms with Crippen molar-refractivity contribution in [3.8, 4) is 0 Å². The fourth-order valence-electron chi connectivity index (χ4n) is 5.94. The number of allylic oxidation sites excluding steroid dienone is 3. The first-order valence-electron chi connectivity index (χ1n) is 11.4. The van der Waals surface area contributed by atoms with Crippen molar-refractivity contribution in [2.45, 2.75) is 71.5 Å². The molecule has 4 aliphatic rings. The highest BCUT2D eigenvalue weighted by molar-refractivity contribution is 5.91. The smallest absolute Gasteiger partial charge is 0.338 e. The van der Waals surface area contributed by atoms with E-state index in [0.717, 1.165) is 24.0 Å². The number of epoxide rings is 1. The summed E-state index contributed by atoms with van der Waals surface area (Å²) < 4.78 is 12.1. The minimum absolute atomic E-state index is 0.0996. The molecule has 0 radical (unpaired) electrons. The Kier molecular flexibility index (Phi) is 4.59. The number of benzene rings is 1. The summed E-state index contributed by atoms with van der Waals surface area (Å²) >= 11 is 0. The van der Waals surface area contributed by atoms with Gasteiger partial charge in [0.2, 0.25) is 0 Å². The summed E-state index contributed by atoms with van der Waals surface area (Å²) in [6, 6.07) is 7.59. The van der Waals surface area contributed by atoms with E-state index in [-0.39, 0.29) is 17.7 Å². The minimum atomic E-state index is -0.247. The number of hydrogen-bond donors (Lipinski definition) is 0. The van der Waals surface area contributed by atoms with E-state index in [1.807, 2.05) is 31.2 Å². The number of carbonyl (C=O) groups is 1. The molecule has 1 aromatic carbocycles.